The van der Waals surface area contributed by atoms with E-state index < -0.39 is 4.92 Å². The molecule has 1 saturated heterocycles. The number of benzene rings is 1. The van der Waals surface area contributed by atoms with Gasteiger partial charge in [-0.1, -0.05) is 0 Å². The molecule has 3 unspecified atom stereocenters. The molecule has 1 heterocycles. The average molecular weight is 291 g/mol. The molecule has 1 aliphatic carbocycles. The minimum atomic E-state index is -0.589. The maximum atomic E-state index is 12.5. The molecule has 2 fully saturated rings. The van der Waals surface area contributed by atoms with Crippen LogP contribution in [0.15, 0.2) is 18.2 Å². The first-order valence-corrected chi connectivity index (χ1v) is 6.98. The van der Waals surface area contributed by atoms with E-state index in [1.54, 1.807) is 4.90 Å². The average Bonchev–Trinajstić information content (AvgIpc) is 3.01. The van der Waals surface area contributed by atoms with Gasteiger partial charge in [-0.2, -0.15) is 0 Å². The molecular formula is C14H17N3O4. The van der Waals surface area contributed by atoms with Gasteiger partial charge in [-0.05, 0) is 30.9 Å². The van der Waals surface area contributed by atoms with E-state index in [4.69, 9.17) is 5.73 Å². The number of carbonyl (C=O) groups excluding carboxylic acids is 1. The molecule has 1 saturated carbocycles. The minimum Gasteiger partial charge on any atom is -0.393 e. The lowest BCUT2D eigenvalue weighted by molar-refractivity contribution is -0.383. The molecule has 0 aromatic heterocycles. The Labute approximate surface area is 121 Å². The number of nitrogen functional groups attached to an aromatic ring is 1. The molecule has 3 atom stereocenters. The van der Waals surface area contributed by atoms with Gasteiger partial charge in [0.25, 0.3) is 11.6 Å². The van der Waals surface area contributed by atoms with Crippen molar-refractivity contribution < 1.29 is 14.8 Å². The molecule has 2 aliphatic rings. The lowest BCUT2D eigenvalue weighted by Crippen LogP contribution is -2.31. The van der Waals surface area contributed by atoms with Crippen LogP contribution in [0.1, 0.15) is 23.2 Å². The number of anilines is 1. The Morgan fingerprint density at radius 2 is 2.14 bits per heavy atom. The molecule has 1 aromatic carbocycles. The molecular weight excluding hydrogens is 274 g/mol. The van der Waals surface area contributed by atoms with E-state index in [9.17, 15) is 20.0 Å². The number of likely N-dealkylation sites (tertiary alicyclic amines) is 1. The second-order valence-electron chi connectivity index (χ2n) is 5.81. The first kappa shape index (κ1) is 13.8. The fourth-order valence-corrected chi connectivity index (χ4v) is 3.42. The second kappa shape index (κ2) is 5.00. The normalized spacial score (nSPS) is 27.7. The lowest BCUT2D eigenvalue weighted by atomic mass is 10.00. The number of carbonyl (C=O) groups is 1. The highest BCUT2D eigenvalue weighted by Crippen LogP contribution is 2.38. The van der Waals surface area contributed by atoms with Gasteiger partial charge in [0.2, 0.25) is 0 Å². The molecule has 3 N–H and O–H groups in total. The number of rotatable bonds is 2. The summed E-state index contributed by atoms with van der Waals surface area (Å²) in [6.45, 7) is 1.13. The van der Waals surface area contributed by atoms with Crippen molar-refractivity contribution in [1.82, 2.24) is 4.90 Å². The van der Waals surface area contributed by atoms with E-state index in [1.165, 1.54) is 18.2 Å². The van der Waals surface area contributed by atoms with Gasteiger partial charge >= 0.3 is 0 Å². The fourth-order valence-electron chi connectivity index (χ4n) is 3.42. The zero-order valence-corrected chi connectivity index (χ0v) is 11.4. The number of aliphatic hydroxyl groups is 1. The highest BCUT2D eigenvalue weighted by molar-refractivity contribution is 5.95. The smallest absolute Gasteiger partial charge is 0.292 e. The number of amides is 1. The monoisotopic (exact) mass is 291 g/mol. The molecule has 1 aromatic rings. The van der Waals surface area contributed by atoms with Crippen molar-refractivity contribution in [3.8, 4) is 0 Å². The van der Waals surface area contributed by atoms with E-state index in [-0.39, 0.29) is 34.9 Å². The Morgan fingerprint density at radius 3 is 2.81 bits per heavy atom. The molecule has 7 nitrogen and oxygen atoms in total. The maximum absolute atomic E-state index is 12.5. The van der Waals surface area contributed by atoms with Gasteiger partial charge < -0.3 is 15.7 Å². The van der Waals surface area contributed by atoms with Crippen LogP contribution in [0.4, 0.5) is 11.4 Å². The number of hydrogen-bond donors (Lipinski definition) is 2. The van der Waals surface area contributed by atoms with Crippen molar-refractivity contribution in [3.05, 3.63) is 33.9 Å². The van der Waals surface area contributed by atoms with Crippen LogP contribution in [-0.2, 0) is 0 Å². The summed E-state index contributed by atoms with van der Waals surface area (Å²) in [5.74, 6) is 0.241. The van der Waals surface area contributed by atoms with Crippen LogP contribution in [0.2, 0.25) is 0 Å². The summed E-state index contributed by atoms with van der Waals surface area (Å²) < 4.78 is 0. The van der Waals surface area contributed by atoms with Crippen LogP contribution in [0.5, 0.6) is 0 Å². The molecule has 0 bridgehead atoms. The molecule has 3 rings (SSSR count). The Kier molecular flexibility index (Phi) is 3.29. The summed E-state index contributed by atoms with van der Waals surface area (Å²) in [4.78, 5) is 24.4. The number of fused-ring (bicyclic) bond motifs is 1. The summed E-state index contributed by atoms with van der Waals surface area (Å²) in [6, 6.07) is 4.12. The Morgan fingerprint density at radius 1 is 1.38 bits per heavy atom. The van der Waals surface area contributed by atoms with Gasteiger partial charge in [0.05, 0.1) is 11.0 Å². The van der Waals surface area contributed by atoms with Crippen LogP contribution < -0.4 is 5.73 Å². The molecule has 0 radical (unpaired) electrons. The van der Waals surface area contributed by atoms with Crippen molar-refractivity contribution in [1.29, 1.82) is 0 Å². The number of nitro groups is 1. The van der Waals surface area contributed by atoms with E-state index >= 15 is 0 Å². The van der Waals surface area contributed by atoms with E-state index in [0.29, 0.717) is 19.0 Å². The third kappa shape index (κ3) is 2.33. The van der Waals surface area contributed by atoms with E-state index in [2.05, 4.69) is 0 Å². The molecule has 1 amide bonds. The Bertz CT molecular complexity index is 604. The van der Waals surface area contributed by atoms with Crippen LogP contribution >= 0.6 is 0 Å². The van der Waals surface area contributed by atoms with Crippen LogP contribution in [0, 0.1) is 22.0 Å². The summed E-state index contributed by atoms with van der Waals surface area (Å²) in [5.41, 5.74) is 5.60. The van der Waals surface area contributed by atoms with Gasteiger partial charge in [-0.25, -0.2) is 0 Å². The third-order valence-corrected chi connectivity index (χ3v) is 4.58. The van der Waals surface area contributed by atoms with Crippen LogP contribution in [0.3, 0.4) is 0 Å². The zero-order valence-electron chi connectivity index (χ0n) is 11.4. The van der Waals surface area contributed by atoms with Crippen molar-refractivity contribution in [3.63, 3.8) is 0 Å². The summed E-state index contributed by atoms with van der Waals surface area (Å²) >= 11 is 0. The number of nitrogens with two attached hydrogens (primary N) is 1. The molecule has 0 spiro atoms. The number of aliphatic hydroxyl groups excluding tert-OH is 1. The van der Waals surface area contributed by atoms with Crippen LogP contribution in [-0.4, -0.2) is 40.0 Å². The van der Waals surface area contributed by atoms with Gasteiger partial charge in [0, 0.05) is 30.6 Å². The van der Waals surface area contributed by atoms with Crippen molar-refractivity contribution in [2.24, 2.45) is 11.8 Å². The number of nitro benzene ring substituents is 1. The van der Waals surface area contributed by atoms with Crippen LogP contribution in [0.25, 0.3) is 0 Å². The predicted molar refractivity (Wildman–Crippen MR) is 75.6 cm³/mol. The first-order chi connectivity index (χ1) is 9.97. The molecule has 21 heavy (non-hydrogen) atoms. The fraction of sp³-hybridized carbons (Fsp3) is 0.500. The quantitative estimate of drug-likeness (QED) is 0.480. The Hall–Kier alpha value is -2.15. The topological polar surface area (TPSA) is 110 Å². The summed E-state index contributed by atoms with van der Waals surface area (Å²) in [5, 5.41) is 20.8. The lowest BCUT2D eigenvalue weighted by Gasteiger charge is -2.18. The number of nitrogens with zero attached hydrogens (tertiary/aromatic N) is 2. The van der Waals surface area contributed by atoms with Gasteiger partial charge in [-0.15, -0.1) is 0 Å². The molecule has 1 aliphatic heterocycles. The van der Waals surface area contributed by atoms with Crippen molar-refractivity contribution in [2.45, 2.75) is 18.9 Å². The third-order valence-electron chi connectivity index (χ3n) is 4.58. The zero-order chi connectivity index (χ0) is 15.1. The van der Waals surface area contributed by atoms with Gasteiger partial charge in [0.1, 0.15) is 5.69 Å². The standard InChI is InChI=1S/C14H17N3O4/c15-11-3-1-8(5-12(11)17(20)21)14(19)16-6-9-2-4-13(18)10(9)7-16/h1,3,5,9-10,13,18H,2,4,6-7,15H2. The van der Waals surface area contributed by atoms with E-state index in [1.807, 2.05) is 0 Å². The van der Waals surface area contributed by atoms with Gasteiger partial charge in [-0.3, -0.25) is 14.9 Å². The summed E-state index contributed by atoms with van der Waals surface area (Å²) in [7, 11) is 0. The largest absolute Gasteiger partial charge is 0.393 e. The molecule has 7 heteroatoms. The first-order valence-electron chi connectivity index (χ1n) is 6.98. The van der Waals surface area contributed by atoms with E-state index in [0.717, 1.165) is 12.8 Å². The molecule has 112 valence electrons. The summed E-state index contributed by atoms with van der Waals surface area (Å²) in [6.07, 6.45) is 1.39. The highest BCUT2D eigenvalue weighted by Gasteiger charge is 2.43. The van der Waals surface area contributed by atoms with Gasteiger partial charge in [0.15, 0.2) is 0 Å². The minimum absolute atomic E-state index is 0.0465. The Balaban J connectivity index is 1.80. The van der Waals surface area contributed by atoms with Crippen molar-refractivity contribution >= 4 is 17.3 Å². The second-order valence-corrected chi connectivity index (χ2v) is 5.81. The highest BCUT2D eigenvalue weighted by atomic mass is 16.6. The van der Waals surface area contributed by atoms with Crippen molar-refractivity contribution in [2.75, 3.05) is 18.8 Å². The maximum Gasteiger partial charge on any atom is 0.292 e. The number of hydrogen-bond acceptors (Lipinski definition) is 5. The SMILES string of the molecule is Nc1ccc(C(=O)N2CC3CCC(O)C3C2)cc1[N+](=O)[O-]. The predicted octanol–water partition coefficient (Wildman–Crippen LogP) is 1.02.